The zero-order chi connectivity index (χ0) is 12.4. The highest BCUT2D eigenvalue weighted by Gasteiger charge is 2.23. The summed E-state index contributed by atoms with van der Waals surface area (Å²) in [4.78, 5) is 0. The van der Waals surface area contributed by atoms with Crippen LogP contribution in [0, 0.1) is 18.3 Å². The van der Waals surface area contributed by atoms with Crippen LogP contribution in [0.4, 0.5) is 5.82 Å². The second kappa shape index (κ2) is 4.76. The Morgan fingerprint density at radius 2 is 2.35 bits per heavy atom. The van der Waals surface area contributed by atoms with Crippen LogP contribution in [-0.2, 0) is 7.05 Å². The van der Waals surface area contributed by atoms with Gasteiger partial charge in [-0.05, 0) is 33.2 Å². The zero-order valence-corrected chi connectivity index (χ0v) is 10.6. The van der Waals surface area contributed by atoms with Gasteiger partial charge < -0.3 is 10.6 Å². The lowest BCUT2D eigenvalue weighted by Crippen LogP contribution is -2.46. The van der Waals surface area contributed by atoms with Gasteiger partial charge in [0.1, 0.15) is 17.5 Å². The first kappa shape index (κ1) is 11.9. The monoisotopic (exact) mass is 233 g/mol. The molecular weight excluding hydrogens is 214 g/mol. The van der Waals surface area contributed by atoms with Crippen LogP contribution in [0.2, 0.25) is 0 Å². The molecule has 2 heterocycles. The number of aryl methyl sites for hydroxylation is 2. The van der Waals surface area contributed by atoms with Crippen LogP contribution in [0.25, 0.3) is 0 Å². The minimum Gasteiger partial charge on any atom is -0.365 e. The van der Waals surface area contributed by atoms with E-state index in [1.165, 1.54) is 6.42 Å². The fraction of sp³-hybridized carbons (Fsp3) is 0.667. The van der Waals surface area contributed by atoms with Crippen molar-refractivity contribution in [3.05, 3.63) is 11.3 Å². The second-order valence-electron chi connectivity index (χ2n) is 4.68. The Hall–Kier alpha value is -1.54. The average Bonchev–Trinajstić information content (AvgIpc) is 2.56. The van der Waals surface area contributed by atoms with Gasteiger partial charge in [0, 0.05) is 19.1 Å². The highest BCUT2D eigenvalue weighted by Crippen LogP contribution is 2.21. The maximum absolute atomic E-state index is 9.15. The van der Waals surface area contributed by atoms with Crippen LogP contribution in [0.15, 0.2) is 0 Å². The topological polar surface area (TPSA) is 65.7 Å². The lowest BCUT2D eigenvalue weighted by molar-refractivity contribution is 0.387. The van der Waals surface area contributed by atoms with Gasteiger partial charge in [-0.3, -0.25) is 4.68 Å². The largest absolute Gasteiger partial charge is 0.365 e. The summed E-state index contributed by atoms with van der Waals surface area (Å²) in [6, 6.07) is 3.01. The lowest BCUT2D eigenvalue weighted by atomic mass is 10.00. The summed E-state index contributed by atoms with van der Waals surface area (Å²) in [5, 5.41) is 20.3. The number of hydrogen-bond donors (Lipinski definition) is 2. The standard InChI is InChI=1S/C12H19N5/c1-8-10(7-13)12(17(3)16-8)15-11-5-4-6-14-9(11)2/h9,11,14-15H,4-6H2,1-3H3. The summed E-state index contributed by atoms with van der Waals surface area (Å²) < 4.78 is 1.76. The first-order valence-corrected chi connectivity index (χ1v) is 6.07. The van der Waals surface area contributed by atoms with E-state index in [2.05, 4.69) is 28.7 Å². The summed E-state index contributed by atoms with van der Waals surface area (Å²) in [5.41, 5.74) is 1.44. The Morgan fingerprint density at radius 1 is 1.59 bits per heavy atom. The van der Waals surface area contributed by atoms with E-state index in [9.17, 15) is 0 Å². The van der Waals surface area contributed by atoms with Crippen molar-refractivity contribution in [3.63, 3.8) is 0 Å². The molecule has 1 aromatic heterocycles. The smallest absolute Gasteiger partial charge is 0.142 e. The van der Waals surface area contributed by atoms with Crippen LogP contribution < -0.4 is 10.6 Å². The van der Waals surface area contributed by atoms with Crippen LogP contribution in [0.5, 0.6) is 0 Å². The normalized spacial score (nSPS) is 24.4. The number of rotatable bonds is 2. The Morgan fingerprint density at radius 3 is 3.00 bits per heavy atom. The molecule has 0 radical (unpaired) electrons. The van der Waals surface area contributed by atoms with Gasteiger partial charge in [0.2, 0.25) is 0 Å². The van der Waals surface area contributed by atoms with Gasteiger partial charge in [0.15, 0.2) is 0 Å². The minimum atomic E-state index is 0.366. The van der Waals surface area contributed by atoms with E-state index >= 15 is 0 Å². The van der Waals surface area contributed by atoms with Crippen LogP contribution >= 0.6 is 0 Å². The van der Waals surface area contributed by atoms with Gasteiger partial charge in [0.05, 0.1) is 5.69 Å². The zero-order valence-electron chi connectivity index (χ0n) is 10.6. The second-order valence-corrected chi connectivity index (χ2v) is 4.68. The van der Waals surface area contributed by atoms with Gasteiger partial charge in [0.25, 0.3) is 0 Å². The van der Waals surface area contributed by atoms with Gasteiger partial charge in [-0.2, -0.15) is 10.4 Å². The van der Waals surface area contributed by atoms with Crippen LogP contribution in [-0.4, -0.2) is 28.4 Å². The highest BCUT2D eigenvalue weighted by atomic mass is 15.3. The van der Waals surface area contributed by atoms with Crippen molar-refractivity contribution in [2.45, 2.75) is 38.8 Å². The quantitative estimate of drug-likeness (QED) is 0.804. The first-order chi connectivity index (χ1) is 8.13. The van der Waals surface area contributed by atoms with Crippen molar-refractivity contribution in [1.29, 1.82) is 5.26 Å². The molecule has 0 saturated carbocycles. The number of anilines is 1. The van der Waals surface area contributed by atoms with Crippen molar-refractivity contribution < 1.29 is 0 Å². The molecule has 0 aromatic carbocycles. The van der Waals surface area contributed by atoms with Gasteiger partial charge in [-0.25, -0.2) is 0 Å². The predicted octanol–water partition coefficient (Wildman–Crippen LogP) is 1.15. The van der Waals surface area contributed by atoms with Crippen molar-refractivity contribution in [1.82, 2.24) is 15.1 Å². The molecule has 5 nitrogen and oxygen atoms in total. The van der Waals surface area contributed by atoms with E-state index in [1.807, 2.05) is 14.0 Å². The van der Waals surface area contributed by atoms with Crippen molar-refractivity contribution in [2.24, 2.45) is 7.05 Å². The van der Waals surface area contributed by atoms with E-state index in [0.29, 0.717) is 17.6 Å². The molecular formula is C12H19N5. The number of piperidine rings is 1. The average molecular weight is 233 g/mol. The van der Waals surface area contributed by atoms with Crippen molar-refractivity contribution in [2.75, 3.05) is 11.9 Å². The predicted molar refractivity (Wildman–Crippen MR) is 66.8 cm³/mol. The Balaban J connectivity index is 2.21. The summed E-state index contributed by atoms with van der Waals surface area (Å²) in [7, 11) is 1.87. The Kier molecular flexibility index (Phi) is 3.34. The number of nitrogens with one attached hydrogen (secondary N) is 2. The molecule has 2 atom stereocenters. The molecule has 92 valence electrons. The molecule has 1 fully saturated rings. The molecule has 0 spiro atoms. The molecule has 1 aromatic rings. The van der Waals surface area contributed by atoms with Crippen molar-refractivity contribution in [3.8, 4) is 6.07 Å². The number of nitriles is 1. The van der Waals surface area contributed by atoms with Gasteiger partial charge in [-0.15, -0.1) is 0 Å². The third kappa shape index (κ3) is 2.27. The summed E-state index contributed by atoms with van der Waals surface area (Å²) in [5.74, 6) is 0.838. The van der Waals surface area contributed by atoms with E-state index < -0.39 is 0 Å². The molecule has 2 rings (SSSR count). The fourth-order valence-electron chi connectivity index (χ4n) is 2.37. The molecule has 1 aliphatic heterocycles. The molecule has 2 N–H and O–H groups in total. The molecule has 1 saturated heterocycles. The molecule has 0 aliphatic carbocycles. The maximum Gasteiger partial charge on any atom is 0.142 e. The number of aromatic nitrogens is 2. The van der Waals surface area contributed by atoms with E-state index in [-0.39, 0.29) is 0 Å². The molecule has 2 unspecified atom stereocenters. The Labute approximate surface area is 102 Å². The molecule has 1 aliphatic rings. The SMILES string of the molecule is Cc1nn(C)c(NC2CCCNC2C)c1C#N. The Bertz CT molecular complexity index is 442. The summed E-state index contributed by atoms with van der Waals surface area (Å²) in [6.07, 6.45) is 2.30. The molecule has 5 heteroatoms. The van der Waals surface area contributed by atoms with Crippen molar-refractivity contribution >= 4 is 5.82 Å². The number of nitrogens with zero attached hydrogens (tertiary/aromatic N) is 3. The lowest BCUT2D eigenvalue weighted by Gasteiger charge is -2.31. The van der Waals surface area contributed by atoms with E-state index in [4.69, 9.17) is 5.26 Å². The number of hydrogen-bond acceptors (Lipinski definition) is 4. The summed E-state index contributed by atoms with van der Waals surface area (Å²) in [6.45, 7) is 5.12. The molecule has 17 heavy (non-hydrogen) atoms. The fourth-order valence-corrected chi connectivity index (χ4v) is 2.37. The minimum absolute atomic E-state index is 0.366. The molecule has 0 bridgehead atoms. The highest BCUT2D eigenvalue weighted by molar-refractivity contribution is 5.55. The maximum atomic E-state index is 9.15. The molecule has 0 amide bonds. The summed E-state index contributed by atoms with van der Waals surface area (Å²) >= 11 is 0. The van der Waals surface area contributed by atoms with Crippen LogP contribution in [0.1, 0.15) is 31.0 Å². The third-order valence-electron chi connectivity index (χ3n) is 3.42. The first-order valence-electron chi connectivity index (χ1n) is 6.07. The van der Waals surface area contributed by atoms with E-state index in [1.54, 1.807) is 4.68 Å². The van der Waals surface area contributed by atoms with Gasteiger partial charge >= 0.3 is 0 Å². The van der Waals surface area contributed by atoms with E-state index in [0.717, 1.165) is 24.5 Å². The third-order valence-corrected chi connectivity index (χ3v) is 3.42. The van der Waals surface area contributed by atoms with Crippen LogP contribution in [0.3, 0.4) is 0 Å². The van der Waals surface area contributed by atoms with Gasteiger partial charge in [-0.1, -0.05) is 0 Å².